The van der Waals surface area contributed by atoms with E-state index in [1.165, 1.54) is 0 Å². The van der Waals surface area contributed by atoms with Crippen LogP contribution in [0.15, 0.2) is 12.2 Å². The van der Waals surface area contributed by atoms with Gasteiger partial charge in [0.05, 0.1) is 12.2 Å². The predicted molar refractivity (Wildman–Crippen MR) is 76.0 cm³/mol. The Hall–Kier alpha value is -2.12. The summed E-state index contributed by atoms with van der Waals surface area (Å²) in [5.41, 5.74) is -20.6. The predicted octanol–water partition coefficient (Wildman–Crippen LogP) is 7.14. The minimum Gasteiger partial charge on any atom is -0.462 e. The van der Waals surface area contributed by atoms with Crippen LogP contribution in [-0.2, 0) is 9.53 Å². The van der Waals surface area contributed by atoms with Gasteiger partial charge in [0.1, 0.15) is 0 Å². The van der Waals surface area contributed by atoms with Crippen molar-refractivity contribution in [3.63, 3.8) is 0 Å². The van der Waals surface area contributed by atoms with Crippen molar-refractivity contribution in [3.05, 3.63) is 12.2 Å². The molecule has 0 spiro atoms. The Kier molecular flexibility index (Phi) is 8.49. The number of ether oxygens (including phenoxy) is 1. The van der Waals surface area contributed by atoms with Gasteiger partial charge in [-0.2, -0.15) is 74.6 Å². The highest BCUT2D eigenvalue weighted by atomic mass is 19.4. The maximum absolute atomic E-state index is 14.8. The Labute approximate surface area is 186 Å². The first-order valence-corrected chi connectivity index (χ1v) is 8.35. The number of rotatable bonds is 9. The second kappa shape index (κ2) is 9.02. The molecule has 0 N–H and O–H groups in total. The van der Waals surface area contributed by atoms with Gasteiger partial charge < -0.3 is 4.74 Å². The van der Waals surface area contributed by atoms with Gasteiger partial charge in [0.25, 0.3) is 5.67 Å². The SMILES string of the molecule is C=C(C(=O)OCCC)C(F)(C(F)(F)C(F)(F)F)C(F)(F)C(F)(F)C(F)(F)C(F)(C(F)(F)F)C(F)(F)F. The lowest BCUT2D eigenvalue weighted by Crippen LogP contribution is -2.78. The number of halogens is 19. The average molecular weight is 582 g/mol. The van der Waals surface area contributed by atoms with Crippen LogP contribution in [0.25, 0.3) is 0 Å². The second-order valence-electron chi connectivity index (χ2n) is 6.72. The summed E-state index contributed by atoms with van der Waals surface area (Å²) < 4.78 is 256. The lowest BCUT2D eigenvalue weighted by atomic mass is 9.75. The normalized spacial score (nSPS) is 17.0. The first-order chi connectivity index (χ1) is 15.4. The molecule has 0 rings (SSSR count). The van der Waals surface area contributed by atoms with Crippen LogP contribution in [0.3, 0.4) is 0 Å². The molecule has 0 aliphatic heterocycles. The van der Waals surface area contributed by atoms with Crippen LogP contribution in [0.2, 0.25) is 0 Å². The van der Waals surface area contributed by atoms with Gasteiger partial charge >= 0.3 is 53.9 Å². The van der Waals surface area contributed by atoms with Crippen LogP contribution >= 0.6 is 0 Å². The molecule has 21 heteroatoms. The molecular weight excluding hydrogens is 573 g/mol. The van der Waals surface area contributed by atoms with Crippen molar-refractivity contribution >= 4 is 5.97 Å². The van der Waals surface area contributed by atoms with Gasteiger partial charge in [0.2, 0.25) is 0 Å². The van der Waals surface area contributed by atoms with Crippen molar-refractivity contribution in [2.45, 2.75) is 66.9 Å². The summed E-state index contributed by atoms with van der Waals surface area (Å²) in [4.78, 5) is 11.4. The first kappa shape index (κ1) is 33.9. The van der Waals surface area contributed by atoms with E-state index in [0.717, 1.165) is 6.92 Å². The van der Waals surface area contributed by atoms with Crippen molar-refractivity contribution in [1.82, 2.24) is 0 Å². The summed E-state index contributed by atoms with van der Waals surface area (Å²) in [6, 6.07) is 0. The third-order valence-corrected chi connectivity index (χ3v) is 4.32. The van der Waals surface area contributed by atoms with Crippen molar-refractivity contribution in [2.24, 2.45) is 0 Å². The van der Waals surface area contributed by atoms with Gasteiger partial charge in [-0.25, -0.2) is 13.6 Å². The fourth-order valence-electron chi connectivity index (χ4n) is 2.34. The monoisotopic (exact) mass is 582 g/mol. The highest BCUT2D eigenvalue weighted by Gasteiger charge is 2.98. The van der Waals surface area contributed by atoms with E-state index in [4.69, 9.17) is 0 Å². The van der Waals surface area contributed by atoms with E-state index in [1.807, 2.05) is 0 Å². The zero-order chi connectivity index (χ0) is 29.8. The minimum atomic E-state index is -9.06. The molecule has 214 valence electrons. The number of carbonyl (C=O) groups excluding carboxylic acids is 1. The Balaban J connectivity index is 7.65. The van der Waals surface area contributed by atoms with Crippen LogP contribution in [0.4, 0.5) is 83.4 Å². The third kappa shape index (κ3) is 4.32. The molecule has 0 heterocycles. The zero-order valence-electron chi connectivity index (χ0n) is 16.6. The summed E-state index contributed by atoms with van der Waals surface area (Å²) in [7, 11) is 0. The number of esters is 1. The lowest BCUT2D eigenvalue weighted by molar-refractivity contribution is -0.461. The van der Waals surface area contributed by atoms with E-state index in [9.17, 15) is 88.2 Å². The number of carbonyl (C=O) groups is 1. The van der Waals surface area contributed by atoms with E-state index < -0.39 is 78.1 Å². The largest absolute Gasteiger partial charge is 0.462 e. The van der Waals surface area contributed by atoms with Gasteiger partial charge in [0.15, 0.2) is 0 Å². The highest BCUT2D eigenvalue weighted by Crippen LogP contribution is 2.67. The Bertz CT molecular complexity index is 819. The molecule has 0 saturated heterocycles. The molecule has 0 saturated carbocycles. The summed E-state index contributed by atoms with van der Waals surface area (Å²) in [5, 5.41) is 0. The Morgan fingerprint density at radius 3 is 1.22 bits per heavy atom. The fraction of sp³-hybridized carbons (Fsp3) is 0.800. The molecule has 0 radical (unpaired) electrons. The summed E-state index contributed by atoms with van der Waals surface area (Å²) in [6.07, 6.45) is -25.0. The topological polar surface area (TPSA) is 26.3 Å². The van der Waals surface area contributed by atoms with Gasteiger partial charge in [0, 0.05) is 0 Å². The third-order valence-electron chi connectivity index (χ3n) is 4.32. The van der Waals surface area contributed by atoms with Gasteiger partial charge in [-0.3, -0.25) is 0 Å². The molecule has 0 bridgehead atoms. The number of hydrogen-bond acceptors (Lipinski definition) is 2. The van der Waals surface area contributed by atoms with E-state index in [1.54, 1.807) is 6.58 Å². The summed E-state index contributed by atoms with van der Waals surface area (Å²) in [6.45, 7) is 1.33. The lowest BCUT2D eigenvalue weighted by Gasteiger charge is -2.47. The molecule has 2 nitrogen and oxygen atoms in total. The molecule has 0 aliphatic carbocycles. The molecule has 0 aromatic heterocycles. The van der Waals surface area contributed by atoms with Crippen LogP contribution < -0.4 is 0 Å². The molecule has 0 fully saturated rings. The molecule has 0 aromatic carbocycles. The highest BCUT2D eigenvalue weighted by molar-refractivity contribution is 5.91. The van der Waals surface area contributed by atoms with Gasteiger partial charge in [-0.15, -0.1) is 0 Å². The van der Waals surface area contributed by atoms with Gasteiger partial charge in [-0.05, 0) is 6.42 Å². The molecular formula is C15H9F19O2. The van der Waals surface area contributed by atoms with Crippen molar-refractivity contribution in [3.8, 4) is 0 Å². The molecule has 0 aliphatic rings. The maximum atomic E-state index is 14.8. The fourth-order valence-corrected chi connectivity index (χ4v) is 2.34. The van der Waals surface area contributed by atoms with Crippen LogP contribution in [0.5, 0.6) is 0 Å². The van der Waals surface area contributed by atoms with Crippen molar-refractivity contribution < 1.29 is 92.9 Å². The smallest absolute Gasteiger partial charge is 0.457 e. The van der Waals surface area contributed by atoms with Gasteiger partial charge in [-0.1, -0.05) is 13.5 Å². The molecule has 36 heavy (non-hydrogen) atoms. The van der Waals surface area contributed by atoms with Crippen LogP contribution in [-0.4, -0.2) is 66.1 Å². The van der Waals surface area contributed by atoms with Crippen LogP contribution in [0.1, 0.15) is 13.3 Å². The average Bonchev–Trinajstić information content (AvgIpc) is 2.66. The molecule has 0 aromatic rings. The molecule has 0 amide bonds. The van der Waals surface area contributed by atoms with Crippen LogP contribution in [0, 0.1) is 0 Å². The quantitative estimate of drug-likeness (QED) is 0.164. The Morgan fingerprint density at radius 1 is 0.583 bits per heavy atom. The number of alkyl halides is 19. The van der Waals surface area contributed by atoms with E-state index >= 15 is 0 Å². The van der Waals surface area contributed by atoms with Crippen molar-refractivity contribution in [2.75, 3.05) is 6.61 Å². The minimum absolute atomic E-state index is 0.486. The van der Waals surface area contributed by atoms with E-state index in [2.05, 4.69) is 4.74 Å². The molecule has 1 unspecified atom stereocenters. The summed E-state index contributed by atoms with van der Waals surface area (Å²) in [5.74, 6) is -38.3. The van der Waals surface area contributed by atoms with Crippen molar-refractivity contribution in [1.29, 1.82) is 0 Å². The standard InChI is InChI=1S/C15H9F19O2/c1-3-4-36-6(35)5(2)7(16,10(20,21)15(32,33)34)9(18,19)12(24,25)11(22,23)8(17,13(26,27)28)14(29,30)31/h2-4H2,1H3. The maximum Gasteiger partial charge on any atom is 0.457 e. The number of hydrogen-bond donors (Lipinski definition) is 0. The first-order valence-electron chi connectivity index (χ1n) is 8.35. The van der Waals surface area contributed by atoms with E-state index in [0.29, 0.717) is 0 Å². The molecule has 1 atom stereocenters. The zero-order valence-corrected chi connectivity index (χ0v) is 16.6. The Morgan fingerprint density at radius 2 is 0.944 bits per heavy atom. The summed E-state index contributed by atoms with van der Waals surface area (Å²) >= 11 is 0. The van der Waals surface area contributed by atoms with E-state index in [-0.39, 0.29) is 0 Å². The second-order valence-corrected chi connectivity index (χ2v) is 6.72.